The SMILES string of the molecule is COc1ccc(S(=O)(=O)N(C)C)cc1NC(=O)CNC(C)c1cccc(Cl)c1. The number of benzene rings is 2. The lowest BCUT2D eigenvalue weighted by molar-refractivity contribution is -0.115. The van der Waals surface area contributed by atoms with Gasteiger partial charge in [0.05, 0.1) is 24.2 Å². The van der Waals surface area contributed by atoms with Crippen LogP contribution in [0.5, 0.6) is 5.75 Å². The van der Waals surface area contributed by atoms with Gasteiger partial charge in [-0.3, -0.25) is 4.79 Å². The van der Waals surface area contributed by atoms with Crippen LogP contribution in [0.3, 0.4) is 0 Å². The smallest absolute Gasteiger partial charge is 0.242 e. The first-order valence-corrected chi connectivity index (χ1v) is 10.4. The lowest BCUT2D eigenvalue weighted by Crippen LogP contribution is -2.30. The molecule has 152 valence electrons. The van der Waals surface area contributed by atoms with Crippen LogP contribution in [0.25, 0.3) is 0 Å². The first kappa shape index (κ1) is 22.2. The number of methoxy groups -OCH3 is 1. The minimum Gasteiger partial charge on any atom is -0.495 e. The Labute approximate surface area is 170 Å². The number of hydrogen-bond acceptors (Lipinski definition) is 5. The van der Waals surface area contributed by atoms with Gasteiger partial charge in [-0.1, -0.05) is 23.7 Å². The van der Waals surface area contributed by atoms with Gasteiger partial charge in [-0.25, -0.2) is 12.7 Å². The summed E-state index contributed by atoms with van der Waals surface area (Å²) in [7, 11) is 0.708. The van der Waals surface area contributed by atoms with E-state index in [9.17, 15) is 13.2 Å². The van der Waals surface area contributed by atoms with Crippen molar-refractivity contribution in [2.75, 3.05) is 33.1 Å². The molecule has 2 aromatic rings. The highest BCUT2D eigenvalue weighted by molar-refractivity contribution is 7.89. The summed E-state index contributed by atoms with van der Waals surface area (Å²) < 4.78 is 31.0. The van der Waals surface area contributed by atoms with Gasteiger partial charge in [-0.15, -0.1) is 0 Å². The van der Waals surface area contributed by atoms with E-state index in [4.69, 9.17) is 16.3 Å². The molecule has 0 spiro atoms. The topological polar surface area (TPSA) is 87.7 Å². The number of halogens is 1. The second kappa shape index (κ2) is 9.38. The van der Waals surface area contributed by atoms with Gasteiger partial charge in [-0.05, 0) is 42.8 Å². The lowest BCUT2D eigenvalue weighted by atomic mass is 10.1. The van der Waals surface area contributed by atoms with Crippen molar-refractivity contribution in [3.05, 3.63) is 53.1 Å². The van der Waals surface area contributed by atoms with E-state index in [-0.39, 0.29) is 29.1 Å². The first-order chi connectivity index (χ1) is 13.1. The molecule has 0 bridgehead atoms. The molecule has 0 saturated heterocycles. The summed E-state index contributed by atoms with van der Waals surface area (Å²) >= 11 is 5.99. The van der Waals surface area contributed by atoms with Crippen LogP contribution in [-0.4, -0.2) is 46.4 Å². The third-order valence-electron chi connectivity index (χ3n) is 4.14. The number of hydrogen-bond donors (Lipinski definition) is 2. The molecule has 9 heteroatoms. The summed E-state index contributed by atoms with van der Waals surface area (Å²) in [5, 5.41) is 6.43. The van der Waals surface area contributed by atoms with Gasteiger partial charge in [-0.2, -0.15) is 0 Å². The summed E-state index contributed by atoms with van der Waals surface area (Å²) in [6.45, 7) is 1.95. The van der Waals surface area contributed by atoms with Gasteiger partial charge in [0.1, 0.15) is 5.75 Å². The van der Waals surface area contributed by atoms with E-state index in [0.717, 1.165) is 9.87 Å². The van der Waals surface area contributed by atoms with E-state index in [0.29, 0.717) is 10.8 Å². The molecular formula is C19H24ClN3O4S. The molecular weight excluding hydrogens is 402 g/mol. The summed E-state index contributed by atoms with van der Waals surface area (Å²) in [5.74, 6) is 0.0422. The molecule has 1 unspecified atom stereocenters. The van der Waals surface area contributed by atoms with Gasteiger partial charge in [0, 0.05) is 25.2 Å². The Morgan fingerprint density at radius 3 is 2.54 bits per heavy atom. The van der Waals surface area contributed by atoms with Crippen LogP contribution in [0.4, 0.5) is 5.69 Å². The molecule has 2 aromatic carbocycles. The molecule has 0 aromatic heterocycles. The highest BCUT2D eigenvalue weighted by Gasteiger charge is 2.20. The van der Waals surface area contributed by atoms with Crippen LogP contribution >= 0.6 is 11.6 Å². The second-order valence-corrected chi connectivity index (χ2v) is 8.94. The van der Waals surface area contributed by atoms with E-state index in [1.807, 2.05) is 25.1 Å². The van der Waals surface area contributed by atoms with Crippen LogP contribution in [0.1, 0.15) is 18.5 Å². The predicted octanol–water partition coefficient (Wildman–Crippen LogP) is 2.89. The Balaban J connectivity index is 2.10. The zero-order valence-electron chi connectivity index (χ0n) is 16.2. The van der Waals surface area contributed by atoms with Crippen molar-refractivity contribution < 1.29 is 17.9 Å². The molecule has 2 rings (SSSR count). The van der Waals surface area contributed by atoms with Crippen molar-refractivity contribution >= 4 is 33.2 Å². The number of rotatable bonds is 8. The Morgan fingerprint density at radius 2 is 1.93 bits per heavy atom. The third-order valence-corrected chi connectivity index (χ3v) is 6.19. The van der Waals surface area contributed by atoms with Crippen molar-refractivity contribution in [1.82, 2.24) is 9.62 Å². The maximum Gasteiger partial charge on any atom is 0.242 e. The predicted molar refractivity (Wildman–Crippen MR) is 110 cm³/mol. The average Bonchev–Trinajstić information content (AvgIpc) is 2.65. The minimum atomic E-state index is -3.63. The first-order valence-electron chi connectivity index (χ1n) is 8.54. The zero-order chi connectivity index (χ0) is 20.9. The van der Waals surface area contributed by atoms with Crippen molar-refractivity contribution in [2.45, 2.75) is 17.9 Å². The Morgan fingerprint density at radius 1 is 1.21 bits per heavy atom. The molecule has 1 atom stereocenters. The average molecular weight is 426 g/mol. The number of nitrogens with zero attached hydrogens (tertiary/aromatic N) is 1. The Bertz CT molecular complexity index is 948. The summed E-state index contributed by atoms with van der Waals surface area (Å²) in [5.41, 5.74) is 1.24. The molecule has 0 aliphatic rings. The van der Waals surface area contributed by atoms with E-state index in [1.54, 1.807) is 6.07 Å². The molecule has 0 saturated carbocycles. The van der Waals surface area contributed by atoms with Crippen molar-refractivity contribution in [3.63, 3.8) is 0 Å². The molecule has 7 nitrogen and oxygen atoms in total. The van der Waals surface area contributed by atoms with E-state index >= 15 is 0 Å². The van der Waals surface area contributed by atoms with Crippen molar-refractivity contribution in [3.8, 4) is 5.75 Å². The minimum absolute atomic E-state index is 0.0293. The quantitative estimate of drug-likeness (QED) is 0.679. The highest BCUT2D eigenvalue weighted by atomic mass is 35.5. The molecule has 0 fully saturated rings. The van der Waals surface area contributed by atoms with Crippen LogP contribution in [0, 0.1) is 0 Å². The van der Waals surface area contributed by atoms with Gasteiger partial charge in [0.2, 0.25) is 15.9 Å². The Hall–Kier alpha value is -2.13. The zero-order valence-corrected chi connectivity index (χ0v) is 17.8. The van der Waals surface area contributed by atoms with Crippen LogP contribution in [-0.2, 0) is 14.8 Å². The number of nitrogens with one attached hydrogen (secondary N) is 2. The summed E-state index contributed by atoms with van der Waals surface area (Å²) in [6, 6.07) is 11.6. The maximum absolute atomic E-state index is 12.4. The fraction of sp³-hybridized carbons (Fsp3) is 0.316. The standard InChI is InChI=1S/C19H24ClN3O4S/c1-13(14-6-5-7-15(20)10-14)21-12-19(24)22-17-11-16(8-9-18(17)27-4)28(25,26)23(2)3/h5-11,13,21H,12H2,1-4H3,(H,22,24). The molecule has 28 heavy (non-hydrogen) atoms. The monoisotopic (exact) mass is 425 g/mol. The number of carbonyl (C=O) groups excluding carboxylic acids is 1. The van der Waals surface area contributed by atoms with Gasteiger partial charge < -0.3 is 15.4 Å². The van der Waals surface area contributed by atoms with E-state index in [1.165, 1.54) is 39.4 Å². The van der Waals surface area contributed by atoms with Gasteiger partial charge >= 0.3 is 0 Å². The number of anilines is 1. The summed E-state index contributed by atoms with van der Waals surface area (Å²) in [4.78, 5) is 12.4. The second-order valence-electron chi connectivity index (χ2n) is 6.36. The van der Waals surface area contributed by atoms with Crippen LogP contribution in [0.2, 0.25) is 5.02 Å². The van der Waals surface area contributed by atoms with E-state index in [2.05, 4.69) is 10.6 Å². The van der Waals surface area contributed by atoms with Crippen molar-refractivity contribution in [2.24, 2.45) is 0 Å². The molecule has 1 amide bonds. The number of carbonyl (C=O) groups is 1. The fourth-order valence-corrected chi connectivity index (χ4v) is 3.62. The Kier molecular flexibility index (Phi) is 7.42. The van der Waals surface area contributed by atoms with Crippen molar-refractivity contribution in [1.29, 1.82) is 0 Å². The fourth-order valence-electron chi connectivity index (χ4n) is 2.49. The van der Waals surface area contributed by atoms with Crippen LogP contribution in [0.15, 0.2) is 47.4 Å². The normalized spacial score (nSPS) is 12.6. The van der Waals surface area contributed by atoms with Crippen LogP contribution < -0.4 is 15.4 Å². The molecule has 2 N–H and O–H groups in total. The van der Waals surface area contributed by atoms with Gasteiger partial charge in [0.15, 0.2) is 0 Å². The summed E-state index contributed by atoms with van der Waals surface area (Å²) in [6.07, 6.45) is 0. The number of amides is 1. The maximum atomic E-state index is 12.4. The highest BCUT2D eigenvalue weighted by Crippen LogP contribution is 2.28. The van der Waals surface area contributed by atoms with Gasteiger partial charge in [0.25, 0.3) is 0 Å². The number of ether oxygens (including phenoxy) is 1. The third kappa shape index (κ3) is 5.45. The lowest BCUT2D eigenvalue weighted by Gasteiger charge is -2.17. The molecule has 0 aliphatic carbocycles. The van der Waals surface area contributed by atoms with E-state index < -0.39 is 10.0 Å². The largest absolute Gasteiger partial charge is 0.495 e. The molecule has 0 aliphatic heterocycles. The molecule has 0 heterocycles. The molecule has 0 radical (unpaired) electrons. The number of sulfonamides is 1.